The number of nitrogens with one attached hydrogen (secondary N) is 1. The average Bonchev–Trinajstić information content (AvgIpc) is 2.97. The second kappa shape index (κ2) is 6.94. The predicted molar refractivity (Wildman–Crippen MR) is 85.1 cm³/mol. The van der Waals surface area contributed by atoms with Crippen molar-refractivity contribution in [1.29, 1.82) is 0 Å². The average molecular weight is 273 g/mol. The minimum Gasteiger partial charge on any atom is -0.512 e. The number of hydrogen-bond acceptors (Lipinski definition) is 2. The van der Waals surface area contributed by atoms with Crippen molar-refractivity contribution in [3.05, 3.63) is 46.7 Å². The van der Waals surface area contributed by atoms with E-state index in [1.807, 2.05) is 13.0 Å². The van der Waals surface area contributed by atoms with E-state index in [4.69, 9.17) is 0 Å². The Bertz CT molecular complexity index is 472. The van der Waals surface area contributed by atoms with Crippen LogP contribution in [0.1, 0.15) is 37.0 Å². The van der Waals surface area contributed by atoms with Gasteiger partial charge in [-0.1, -0.05) is 30.7 Å². The molecule has 1 fully saturated rings. The van der Waals surface area contributed by atoms with Crippen molar-refractivity contribution < 1.29 is 5.11 Å². The zero-order valence-electron chi connectivity index (χ0n) is 12.9. The van der Waals surface area contributed by atoms with E-state index in [0.29, 0.717) is 11.7 Å². The van der Waals surface area contributed by atoms with Crippen LogP contribution in [0.5, 0.6) is 0 Å². The smallest absolute Gasteiger partial charge is 0.0917 e. The van der Waals surface area contributed by atoms with Gasteiger partial charge in [0.05, 0.1) is 5.76 Å². The summed E-state index contributed by atoms with van der Waals surface area (Å²) in [6, 6.07) is 6.81. The lowest BCUT2D eigenvalue weighted by atomic mass is 9.84. The monoisotopic (exact) mass is 273 g/mol. The Labute approximate surface area is 122 Å². The molecule has 2 nitrogen and oxygen atoms in total. The first-order valence-corrected chi connectivity index (χ1v) is 7.79. The number of allylic oxidation sites excluding steroid dienone is 2. The molecule has 20 heavy (non-hydrogen) atoms. The first-order chi connectivity index (χ1) is 9.63. The van der Waals surface area contributed by atoms with Crippen molar-refractivity contribution in [2.24, 2.45) is 11.8 Å². The van der Waals surface area contributed by atoms with Gasteiger partial charge in [-0.05, 0) is 69.3 Å². The number of aryl methyl sites for hydroxylation is 2. The van der Waals surface area contributed by atoms with E-state index >= 15 is 0 Å². The molecule has 1 aliphatic heterocycles. The lowest BCUT2D eigenvalue weighted by Gasteiger charge is -2.23. The molecule has 0 bridgehead atoms. The zero-order chi connectivity index (χ0) is 14.5. The molecule has 2 N–H and O–H groups in total. The van der Waals surface area contributed by atoms with Gasteiger partial charge in [-0.15, -0.1) is 0 Å². The minimum absolute atomic E-state index is 0.251. The van der Waals surface area contributed by atoms with Crippen LogP contribution in [0.3, 0.4) is 0 Å². The normalized spacial score (nSPS) is 21.1. The molecule has 1 heterocycles. The quantitative estimate of drug-likeness (QED) is 0.800. The molecular formula is C18H27NO. The van der Waals surface area contributed by atoms with Gasteiger partial charge >= 0.3 is 0 Å². The van der Waals surface area contributed by atoms with Crippen LogP contribution < -0.4 is 5.32 Å². The van der Waals surface area contributed by atoms with Gasteiger partial charge in [0.15, 0.2) is 0 Å². The summed E-state index contributed by atoms with van der Waals surface area (Å²) in [5.74, 6) is 1.36. The van der Waals surface area contributed by atoms with Gasteiger partial charge in [0, 0.05) is 5.92 Å². The van der Waals surface area contributed by atoms with Crippen LogP contribution in [-0.4, -0.2) is 18.2 Å². The molecule has 1 aromatic carbocycles. The third-order valence-electron chi connectivity index (χ3n) is 4.40. The van der Waals surface area contributed by atoms with Crippen LogP contribution in [0, 0.1) is 18.8 Å². The Balaban J connectivity index is 2.20. The fraction of sp³-hybridized carbons (Fsp3) is 0.556. The van der Waals surface area contributed by atoms with E-state index in [1.165, 1.54) is 16.7 Å². The molecule has 0 aromatic heterocycles. The summed E-state index contributed by atoms with van der Waals surface area (Å²) in [7, 11) is 0. The fourth-order valence-electron chi connectivity index (χ4n) is 3.27. The minimum atomic E-state index is 0.251. The molecule has 110 valence electrons. The molecule has 2 unspecified atom stereocenters. The van der Waals surface area contributed by atoms with Crippen molar-refractivity contribution in [3.63, 3.8) is 0 Å². The van der Waals surface area contributed by atoms with E-state index in [0.717, 1.165) is 32.4 Å². The van der Waals surface area contributed by atoms with Crippen molar-refractivity contribution in [2.75, 3.05) is 13.1 Å². The highest BCUT2D eigenvalue weighted by molar-refractivity contribution is 5.30. The van der Waals surface area contributed by atoms with Crippen LogP contribution >= 0.6 is 0 Å². The largest absolute Gasteiger partial charge is 0.512 e. The number of hydrogen-bond donors (Lipinski definition) is 2. The van der Waals surface area contributed by atoms with Crippen LogP contribution in [0.15, 0.2) is 30.0 Å². The molecule has 1 aliphatic rings. The molecule has 2 atom stereocenters. The highest BCUT2D eigenvalue weighted by atomic mass is 16.3. The highest BCUT2D eigenvalue weighted by Gasteiger charge is 2.27. The summed E-state index contributed by atoms with van der Waals surface area (Å²) in [5.41, 5.74) is 4.07. The van der Waals surface area contributed by atoms with Crippen molar-refractivity contribution in [1.82, 2.24) is 5.32 Å². The molecule has 0 saturated carbocycles. The molecule has 0 spiro atoms. The number of benzene rings is 1. The van der Waals surface area contributed by atoms with Gasteiger partial charge in [0.2, 0.25) is 0 Å². The first-order valence-electron chi connectivity index (χ1n) is 7.79. The Kier molecular flexibility index (Phi) is 5.24. The van der Waals surface area contributed by atoms with Crippen molar-refractivity contribution in [3.8, 4) is 0 Å². The summed E-state index contributed by atoms with van der Waals surface area (Å²) in [6.07, 6.45) is 5.03. The Morgan fingerprint density at radius 2 is 2.15 bits per heavy atom. The second-order valence-electron chi connectivity index (χ2n) is 5.96. The van der Waals surface area contributed by atoms with Gasteiger partial charge < -0.3 is 10.4 Å². The fourth-order valence-corrected chi connectivity index (χ4v) is 3.27. The second-order valence-corrected chi connectivity index (χ2v) is 5.96. The van der Waals surface area contributed by atoms with Gasteiger partial charge in [0.1, 0.15) is 0 Å². The van der Waals surface area contributed by atoms with Crippen LogP contribution in [0.4, 0.5) is 0 Å². The summed E-state index contributed by atoms with van der Waals surface area (Å²) < 4.78 is 0. The molecule has 0 amide bonds. The topological polar surface area (TPSA) is 32.3 Å². The standard InChI is InChI=1S/C18H27NO/c1-4-14-8-13(3)9-15(10-14)11-17(18(20)5-2)16-6-7-19-12-16/h5,8-10,16-17,19-20H,4,6-7,11-12H2,1-3H3/b18-5-. The van der Waals surface area contributed by atoms with Gasteiger partial charge in [0.25, 0.3) is 0 Å². The summed E-state index contributed by atoms with van der Waals surface area (Å²) in [6.45, 7) is 8.38. The molecule has 1 saturated heterocycles. The molecule has 2 heteroatoms. The number of rotatable bonds is 5. The van der Waals surface area contributed by atoms with Crippen LogP contribution in [0.2, 0.25) is 0 Å². The highest BCUT2D eigenvalue weighted by Crippen LogP contribution is 2.29. The Hall–Kier alpha value is -1.28. The van der Waals surface area contributed by atoms with Crippen molar-refractivity contribution >= 4 is 0 Å². The maximum absolute atomic E-state index is 10.3. The van der Waals surface area contributed by atoms with Crippen molar-refractivity contribution in [2.45, 2.75) is 40.0 Å². The van der Waals surface area contributed by atoms with Gasteiger partial charge in [-0.25, -0.2) is 0 Å². The van der Waals surface area contributed by atoms with Gasteiger partial charge in [-0.3, -0.25) is 0 Å². The summed E-state index contributed by atoms with van der Waals surface area (Å²) in [4.78, 5) is 0. The first kappa shape index (κ1) is 15.1. The van der Waals surface area contributed by atoms with Crippen LogP contribution in [-0.2, 0) is 12.8 Å². The molecule has 0 radical (unpaired) electrons. The predicted octanol–water partition coefficient (Wildman–Crippen LogP) is 3.79. The number of aliphatic hydroxyl groups excluding tert-OH is 1. The van der Waals surface area contributed by atoms with E-state index in [1.54, 1.807) is 0 Å². The maximum Gasteiger partial charge on any atom is 0.0917 e. The zero-order valence-corrected chi connectivity index (χ0v) is 12.9. The lowest BCUT2D eigenvalue weighted by molar-refractivity contribution is 0.268. The van der Waals surface area contributed by atoms with E-state index in [2.05, 4.69) is 37.4 Å². The third kappa shape index (κ3) is 3.63. The number of aliphatic hydroxyl groups is 1. The molecule has 2 rings (SSSR count). The summed E-state index contributed by atoms with van der Waals surface area (Å²) >= 11 is 0. The SMILES string of the molecule is C/C=C(\O)C(Cc1cc(C)cc(CC)c1)C1CCNC1. The van der Waals surface area contributed by atoms with E-state index < -0.39 is 0 Å². The molecule has 0 aliphatic carbocycles. The Morgan fingerprint density at radius 1 is 1.40 bits per heavy atom. The maximum atomic E-state index is 10.3. The third-order valence-corrected chi connectivity index (χ3v) is 4.40. The van der Waals surface area contributed by atoms with Gasteiger partial charge in [-0.2, -0.15) is 0 Å². The lowest BCUT2D eigenvalue weighted by Crippen LogP contribution is -2.22. The molecular weight excluding hydrogens is 246 g/mol. The van der Waals surface area contributed by atoms with Crippen LogP contribution in [0.25, 0.3) is 0 Å². The molecule has 1 aromatic rings. The van der Waals surface area contributed by atoms with E-state index in [-0.39, 0.29) is 5.92 Å². The summed E-state index contributed by atoms with van der Waals surface area (Å²) in [5, 5.41) is 13.7. The Morgan fingerprint density at radius 3 is 2.75 bits per heavy atom. The van der Waals surface area contributed by atoms with E-state index in [9.17, 15) is 5.11 Å².